The lowest BCUT2D eigenvalue weighted by atomic mass is 9.90. The lowest BCUT2D eigenvalue weighted by Gasteiger charge is -2.42. The van der Waals surface area contributed by atoms with Crippen LogP contribution < -0.4 is 63.8 Å². The number of carboxylic acid groups (broad SMARTS) is 1. The van der Waals surface area contributed by atoms with Gasteiger partial charge in [0, 0.05) is 50.7 Å². The molecule has 1 aliphatic carbocycles. The van der Waals surface area contributed by atoms with Gasteiger partial charge >= 0.3 is 5.97 Å². The van der Waals surface area contributed by atoms with Gasteiger partial charge in [-0.05, 0) is 82.9 Å². The Morgan fingerprint density at radius 2 is 1.41 bits per heavy atom. The van der Waals surface area contributed by atoms with Crippen molar-refractivity contribution in [1.82, 2.24) is 63.3 Å². The van der Waals surface area contributed by atoms with E-state index in [0.717, 1.165) is 0 Å². The summed E-state index contributed by atoms with van der Waals surface area (Å²) in [5.41, 5.74) is 6.16. The first kappa shape index (κ1) is 66.3. The molecule has 33 heteroatoms. The first-order valence-electron chi connectivity index (χ1n) is 26.6. The molecule has 33 nitrogen and oxygen atoms in total. The van der Waals surface area contributed by atoms with Crippen LogP contribution in [-0.4, -0.2) is 219 Å². The van der Waals surface area contributed by atoms with Gasteiger partial charge in [0.25, 0.3) is 5.91 Å². The largest absolute Gasteiger partial charge is 0.504 e. The van der Waals surface area contributed by atoms with E-state index in [9.17, 15) is 88.4 Å². The van der Waals surface area contributed by atoms with Crippen molar-refractivity contribution in [2.45, 2.75) is 132 Å². The van der Waals surface area contributed by atoms with Crippen LogP contribution in [0.5, 0.6) is 0 Å². The van der Waals surface area contributed by atoms with Gasteiger partial charge < -0.3 is 84.4 Å². The van der Waals surface area contributed by atoms with E-state index in [1.807, 2.05) is 0 Å². The monoisotopic (exact) mass is 1160 g/mol. The van der Waals surface area contributed by atoms with E-state index in [4.69, 9.17) is 10.8 Å². The van der Waals surface area contributed by atoms with Crippen molar-refractivity contribution in [1.29, 1.82) is 0 Å². The number of nitrogens with one attached hydrogen (secondary N) is 11. The number of aliphatic hydroxyl groups excluding tert-OH is 4. The number of allylic oxidation sites excluding steroid dienone is 1. The number of quaternary nitrogens is 1. The quantitative estimate of drug-likeness (QED) is 0.0137. The minimum atomic E-state index is -1.68. The van der Waals surface area contributed by atoms with Gasteiger partial charge in [0.1, 0.15) is 48.0 Å². The molecule has 9 unspecified atom stereocenters. The number of carboxylic acids is 1. The Kier molecular flexibility index (Phi) is 27.1. The third kappa shape index (κ3) is 20.4. The van der Waals surface area contributed by atoms with E-state index in [2.05, 4.69) is 53.2 Å². The van der Waals surface area contributed by atoms with E-state index in [-0.39, 0.29) is 126 Å². The fourth-order valence-electron chi connectivity index (χ4n) is 9.18. The van der Waals surface area contributed by atoms with E-state index >= 15 is 0 Å². The number of hydrogen-bond donors (Lipinski definition) is 19. The number of carbonyl (C=O) groups is 12. The van der Waals surface area contributed by atoms with Gasteiger partial charge in [-0.25, -0.2) is 10.1 Å². The Hall–Kier alpha value is -8.24. The zero-order chi connectivity index (χ0) is 60.5. The van der Waals surface area contributed by atoms with Crippen molar-refractivity contribution in [3.8, 4) is 0 Å². The number of aliphatic carboxylic acids is 1. The highest BCUT2D eigenvalue weighted by atomic mass is 16.5. The third-order valence-electron chi connectivity index (χ3n) is 13.5. The van der Waals surface area contributed by atoms with Crippen molar-refractivity contribution < 1.29 is 98.4 Å². The second-order valence-corrected chi connectivity index (χ2v) is 19.6. The van der Waals surface area contributed by atoms with Gasteiger partial charge in [0.05, 0.1) is 26.2 Å². The standard InChI is InChI=1S/C49H74N14O19/c50-14-3-1-7-28(56-48(79)34(24-65)60-49(80)35-13-16-51-42-32(55-39(70)11-12-41(72)73)19-27-20-37(68)38(69)21-36(27)63(35)42)43(74)53-22-40(71)54-29(9-5-17-61(81)25-66)45(76)57-30-8-2-4-15-52-44(75)33(23-64)59-47(78)31(58-46(30)77)10-6-18-62(82)26-67/h19-21,25-26,28-31,33-36,51,64-65,68-69,81-82H,1-18,22-24,50H2,(H,52,75)(H,53,74)(H,54,71)(H,55,70)(H,56,79)(H,57,76)(H,58,77)(H,59,78)(H,60,80)(H,72,73)/p+1. The fourth-order valence-corrected chi connectivity index (χ4v) is 9.18. The fraction of sp³-hybridized carbons (Fsp3) is 0.592. The number of amides is 11. The summed E-state index contributed by atoms with van der Waals surface area (Å²) in [7, 11) is 0. The normalized spacial score (nSPS) is 22.0. The lowest BCUT2D eigenvalue weighted by molar-refractivity contribution is -0.900. The number of nitrogens with zero attached hydrogens (tertiary/aromatic N) is 2. The summed E-state index contributed by atoms with van der Waals surface area (Å²) in [6.07, 6.45) is 3.79. The maximum Gasteiger partial charge on any atom is 0.303 e. The van der Waals surface area contributed by atoms with Gasteiger partial charge in [0.15, 0.2) is 17.6 Å². The molecule has 454 valence electrons. The molecule has 0 saturated carbocycles. The number of hydroxylamine groups is 4. The Morgan fingerprint density at radius 1 is 0.732 bits per heavy atom. The van der Waals surface area contributed by atoms with E-state index in [1.165, 1.54) is 18.2 Å². The Balaban J connectivity index is 1.49. The minimum Gasteiger partial charge on any atom is -0.504 e. The Morgan fingerprint density at radius 3 is 2.09 bits per heavy atom. The Labute approximate surface area is 469 Å². The van der Waals surface area contributed by atoms with Crippen molar-refractivity contribution >= 4 is 72.0 Å². The maximum absolute atomic E-state index is 14.2. The van der Waals surface area contributed by atoms with Crippen LogP contribution in [0.2, 0.25) is 0 Å². The number of nitrogens with two attached hydrogens (primary N) is 1. The first-order valence-corrected chi connectivity index (χ1v) is 26.6. The lowest BCUT2D eigenvalue weighted by Crippen LogP contribution is -3.21. The molecule has 11 amide bonds. The van der Waals surface area contributed by atoms with Crippen molar-refractivity contribution in [3.05, 3.63) is 46.8 Å². The predicted molar refractivity (Wildman–Crippen MR) is 279 cm³/mol. The van der Waals surface area contributed by atoms with Crippen LogP contribution in [0, 0.1) is 0 Å². The molecular formula is C49H75N14O19+. The number of fused-ring (bicyclic) bond motifs is 3. The van der Waals surface area contributed by atoms with E-state index in [0.29, 0.717) is 22.0 Å². The number of hydrogen-bond acceptors (Lipinski definition) is 20. The summed E-state index contributed by atoms with van der Waals surface area (Å²) in [4.78, 5) is 156. The predicted octanol–water partition coefficient (Wildman–Crippen LogP) is -7.72. The average Bonchev–Trinajstić information content (AvgIpc) is 1.58. The van der Waals surface area contributed by atoms with E-state index < -0.39 is 152 Å². The van der Waals surface area contributed by atoms with Crippen molar-refractivity contribution in [2.75, 3.05) is 52.5 Å². The first-order chi connectivity index (χ1) is 39.1. The topological polar surface area (TPSA) is 504 Å². The molecule has 20 N–H and O–H groups in total. The van der Waals surface area contributed by atoms with Crippen LogP contribution in [0.15, 0.2) is 46.8 Å². The molecular weight excluding hydrogens is 1090 g/mol. The summed E-state index contributed by atoms with van der Waals surface area (Å²) in [6.45, 7) is -2.78. The zero-order valence-corrected chi connectivity index (χ0v) is 44.9. The summed E-state index contributed by atoms with van der Waals surface area (Å²) in [5.74, 6) is -9.85. The molecule has 0 aromatic carbocycles. The molecule has 3 aliphatic heterocycles. The summed E-state index contributed by atoms with van der Waals surface area (Å²) < 4.78 is 0. The minimum absolute atomic E-state index is 0.0426. The molecule has 9 atom stereocenters. The van der Waals surface area contributed by atoms with Crippen LogP contribution in [0.4, 0.5) is 0 Å². The SMILES string of the molecule is NCCCCC(NC(=O)C(CO)NC(=O)C1CCNC2=C(NC(=O)CCC(=O)O)C=C3C=C(O)C(O)=CC3[NH+]21)C(=O)NCC(=O)NC(CCCN(O)C=O)C(=O)NC1CCCCNC(=O)C(CO)NC(=O)C(CCCN(O)C=O)NC1=O. The van der Waals surface area contributed by atoms with Crippen molar-refractivity contribution in [3.63, 3.8) is 0 Å². The molecule has 82 heavy (non-hydrogen) atoms. The van der Waals surface area contributed by atoms with Crippen LogP contribution in [-0.2, 0) is 57.5 Å². The molecule has 0 radical (unpaired) electrons. The molecule has 0 aromatic rings. The van der Waals surface area contributed by atoms with Gasteiger partial charge in [0.2, 0.25) is 65.9 Å². The van der Waals surface area contributed by atoms with Gasteiger partial charge in [-0.1, -0.05) is 0 Å². The van der Waals surface area contributed by atoms with Crippen LogP contribution in [0.25, 0.3) is 0 Å². The highest BCUT2D eigenvalue weighted by Gasteiger charge is 2.47. The summed E-state index contributed by atoms with van der Waals surface area (Å²) in [6, 6.07) is -10.7. The van der Waals surface area contributed by atoms with E-state index in [1.54, 1.807) is 0 Å². The summed E-state index contributed by atoms with van der Waals surface area (Å²) in [5, 5.41) is 95.6. The van der Waals surface area contributed by atoms with Crippen molar-refractivity contribution in [2.24, 2.45) is 5.73 Å². The average molecular weight is 1160 g/mol. The molecule has 0 aromatic heterocycles. The van der Waals surface area contributed by atoms with Crippen LogP contribution in [0.1, 0.15) is 83.5 Å². The summed E-state index contributed by atoms with van der Waals surface area (Å²) >= 11 is 0. The smallest absolute Gasteiger partial charge is 0.303 e. The highest BCUT2D eigenvalue weighted by Crippen LogP contribution is 2.24. The number of unbranched alkanes of at least 4 members (excludes halogenated alkanes) is 1. The maximum atomic E-state index is 14.2. The zero-order valence-electron chi connectivity index (χ0n) is 44.9. The number of aliphatic hydroxyl groups is 4. The number of carbonyl (C=O) groups excluding carboxylic acids is 11. The van der Waals surface area contributed by atoms with Gasteiger partial charge in [-0.15, -0.1) is 0 Å². The molecule has 0 spiro atoms. The second-order valence-electron chi connectivity index (χ2n) is 19.6. The second kappa shape index (κ2) is 33.5. The molecule has 2 fully saturated rings. The molecule has 4 aliphatic rings. The highest BCUT2D eigenvalue weighted by molar-refractivity contribution is 5.97. The molecule has 4 rings (SSSR count). The molecule has 3 heterocycles. The third-order valence-corrected chi connectivity index (χ3v) is 13.5. The number of rotatable bonds is 30. The van der Waals surface area contributed by atoms with Crippen LogP contribution in [0.3, 0.4) is 0 Å². The molecule has 2 saturated heterocycles. The van der Waals surface area contributed by atoms with Crippen LogP contribution >= 0.6 is 0 Å². The van der Waals surface area contributed by atoms with Gasteiger partial charge in [-0.3, -0.25) is 72.8 Å². The van der Waals surface area contributed by atoms with Gasteiger partial charge in [-0.2, -0.15) is 0 Å². The molecule has 0 bridgehead atoms. The Bertz CT molecular complexity index is 2470.